The predicted molar refractivity (Wildman–Crippen MR) is 71.4 cm³/mol. The monoisotopic (exact) mass is 296 g/mol. The lowest BCUT2D eigenvalue weighted by atomic mass is 10.0. The second-order valence-electron chi connectivity index (χ2n) is 4.72. The first-order valence-corrected chi connectivity index (χ1v) is 6.65. The number of benzene rings is 1. The highest BCUT2D eigenvalue weighted by Crippen LogP contribution is 2.45. The second-order valence-corrected chi connectivity index (χ2v) is 5.63. The summed E-state index contributed by atoms with van der Waals surface area (Å²) in [4.78, 5) is 11.9. The highest BCUT2D eigenvalue weighted by atomic mass is 79.9. The van der Waals surface area contributed by atoms with E-state index in [1.54, 1.807) is 0 Å². The van der Waals surface area contributed by atoms with Crippen LogP contribution < -0.4 is 11.1 Å². The molecule has 1 aliphatic carbocycles. The Morgan fingerprint density at radius 2 is 2.06 bits per heavy atom. The van der Waals surface area contributed by atoms with Crippen LogP contribution >= 0.6 is 15.9 Å². The Labute approximate surface area is 110 Å². The summed E-state index contributed by atoms with van der Waals surface area (Å²) < 4.78 is 1.05. The maximum Gasteiger partial charge on any atom is 0.224 e. The van der Waals surface area contributed by atoms with Crippen molar-refractivity contribution in [3.63, 3.8) is 0 Å². The zero-order valence-corrected chi connectivity index (χ0v) is 11.5. The van der Waals surface area contributed by atoms with Gasteiger partial charge in [-0.25, -0.2) is 0 Å². The summed E-state index contributed by atoms with van der Waals surface area (Å²) in [6.45, 7) is 2.25. The molecule has 0 bridgehead atoms. The standard InChI is InChI=1S/C13H17BrN2O/c1-9(8-15)12(17)16-13(6-7-13)10-2-4-11(14)5-3-10/h2-5,9H,6-8,15H2,1H3,(H,16,17). The van der Waals surface area contributed by atoms with Gasteiger partial charge in [0.05, 0.1) is 5.54 Å². The summed E-state index contributed by atoms with van der Waals surface area (Å²) in [5, 5.41) is 3.12. The second kappa shape index (κ2) is 4.78. The average molecular weight is 297 g/mol. The van der Waals surface area contributed by atoms with Gasteiger partial charge in [0.1, 0.15) is 0 Å². The Morgan fingerprint density at radius 3 is 2.53 bits per heavy atom. The zero-order chi connectivity index (χ0) is 12.5. The fourth-order valence-corrected chi connectivity index (χ4v) is 2.11. The van der Waals surface area contributed by atoms with E-state index in [9.17, 15) is 4.79 Å². The van der Waals surface area contributed by atoms with Crippen molar-refractivity contribution in [2.75, 3.05) is 6.54 Å². The van der Waals surface area contributed by atoms with E-state index in [4.69, 9.17) is 5.73 Å². The number of rotatable bonds is 4. The van der Waals surface area contributed by atoms with Gasteiger partial charge in [0.15, 0.2) is 0 Å². The van der Waals surface area contributed by atoms with E-state index in [-0.39, 0.29) is 17.4 Å². The molecule has 0 saturated heterocycles. The Bertz CT molecular complexity index is 412. The molecule has 1 saturated carbocycles. The van der Waals surface area contributed by atoms with E-state index in [1.807, 2.05) is 19.1 Å². The number of nitrogens with one attached hydrogen (secondary N) is 1. The van der Waals surface area contributed by atoms with Crippen molar-refractivity contribution in [3.05, 3.63) is 34.3 Å². The van der Waals surface area contributed by atoms with Gasteiger partial charge in [-0.15, -0.1) is 0 Å². The van der Waals surface area contributed by atoms with E-state index in [1.165, 1.54) is 5.56 Å². The van der Waals surface area contributed by atoms with Gasteiger partial charge in [-0.05, 0) is 30.5 Å². The molecule has 0 aromatic heterocycles. The lowest BCUT2D eigenvalue weighted by Crippen LogP contribution is -2.40. The molecule has 1 amide bonds. The molecule has 0 spiro atoms. The molecule has 3 N–H and O–H groups in total. The number of halogens is 1. The molecule has 1 atom stereocenters. The fraction of sp³-hybridized carbons (Fsp3) is 0.462. The summed E-state index contributed by atoms with van der Waals surface area (Å²) in [7, 11) is 0. The topological polar surface area (TPSA) is 55.1 Å². The van der Waals surface area contributed by atoms with Crippen molar-refractivity contribution >= 4 is 21.8 Å². The van der Waals surface area contributed by atoms with Crippen molar-refractivity contribution in [3.8, 4) is 0 Å². The average Bonchev–Trinajstić information content (AvgIpc) is 3.09. The number of hydrogen-bond acceptors (Lipinski definition) is 2. The van der Waals surface area contributed by atoms with Gasteiger partial charge in [-0.2, -0.15) is 0 Å². The van der Waals surface area contributed by atoms with Crippen molar-refractivity contribution in [1.29, 1.82) is 0 Å². The van der Waals surface area contributed by atoms with E-state index in [2.05, 4.69) is 33.4 Å². The van der Waals surface area contributed by atoms with E-state index >= 15 is 0 Å². The minimum Gasteiger partial charge on any atom is -0.346 e. The van der Waals surface area contributed by atoms with E-state index in [0.717, 1.165) is 17.3 Å². The van der Waals surface area contributed by atoms with Gasteiger partial charge in [-0.1, -0.05) is 35.0 Å². The molecule has 1 aliphatic rings. The molecule has 17 heavy (non-hydrogen) atoms. The number of amides is 1. The third-order valence-corrected chi connectivity index (χ3v) is 3.84. The van der Waals surface area contributed by atoms with Crippen molar-refractivity contribution in [2.45, 2.75) is 25.3 Å². The van der Waals surface area contributed by atoms with Crippen LogP contribution in [0.1, 0.15) is 25.3 Å². The SMILES string of the molecule is CC(CN)C(=O)NC1(c2ccc(Br)cc2)CC1. The predicted octanol–water partition coefficient (Wildman–Crippen LogP) is 2.15. The first-order chi connectivity index (χ1) is 8.07. The number of nitrogens with two attached hydrogens (primary N) is 1. The van der Waals surface area contributed by atoms with Crippen LogP contribution in [0.2, 0.25) is 0 Å². The van der Waals surface area contributed by atoms with Crippen LogP contribution in [-0.2, 0) is 10.3 Å². The normalized spacial score (nSPS) is 18.5. The number of carbonyl (C=O) groups excluding carboxylic acids is 1. The summed E-state index contributed by atoms with van der Waals surface area (Å²) >= 11 is 3.41. The highest BCUT2D eigenvalue weighted by molar-refractivity contribution is 9.10. The van der Waals surface area contributed by atoms with Crippen LogP contribution in [-0.4, -0.2) is 12.5 Å². The molecule has 1 fully saturated rings. The third kappa shape index (κ3) is 2.69. The zero-order valence-electron chi connectivity index (χ0n) is 9.87. The minimum atomic E-state index is -0.138. The summed E-state index contributed by atoms with van der Waals surface area (Å²) in [5.74, 6) is -0.0733. The minimum absolute atomic E-state index is 0.0490. The Balaban J connectivity index is 2.10. The quantitative estimate of drug-likeness (QED) is 0.894. The summed E-state index contributed by atoms with van der Waals surface area (Å²) in [6.07, 6.45) is 2.02. The Hall–Kier alpha value is -0.870. The fourth-order valence-electron chi connectivity index (χ4n) is 1.85. The molecule has 1 unspecified atom stereocenters. The van der Waals surface area contributed by atoms with Gasteiger partial charge in [0.2, 0.25) is 5.91 Å². The maximum atomic E-state index is 11.9. The molecule has 1 aromatic carbocycles. The first kappa shape index (κ1) is 12.6. The lowest BCUT2D eigenvalue weighted by molar-refractivity contribution is -0.125. The van der Waals surface area contributed by atoms with Crippen LogP contribution in [0.4, 0.5) is 0 Å². The maximum absolute atomic E-state index is 11.9. The molecule has 4 heteroatoms. The molecular formula is C13H17BrN2O. The van der Waals surface area contributed by atoms with Crippen LogP contribution in [0.5, 0.6) is 0 Å². The van der Waals surface area contributed by atoms with Gasteiger partial charge in [-0.3, -0.25) is 4.79 Å². The first-order valence-electron chi connectivity index (χ1n) is 5.85. The van der Waals surface area contributed by atoms with Crippen molar-refractivity contribution in [2.24, 2.45) is 11.7 Å². The van der Waals surface area contributed by atoms with Gasteiger partial charge in [0.25, 0.3) is 0 Å². The Kier molecular flexibility index (Phi) is 3.54. The van der Waals surface area contributed by atoms with Crippen molar-refractivity contribution < 1.29 is 4.79 Å². The van der Waals surface area contributed by atoms with Crippen LogP contribution in [0.3, 0.4) is 0 Å². The third-order valence-electron chi connectivity index (χ3n) is 3.31. The number of hydrogen-bond donors (Lipinski definition) is 2. The number of carbonyl (C=O) groups is 1. The highest BCUT2D eigenvalue weighted by Gasteiger charge is 2.45. The smallest absolute Gasteiger partial charge is 0.224 e. The van der Waals surface area contributed by atoms with E-state index < -0.39 is 0 Å². The summed E-state index contributed by atoms with van der Waals surface area (Å²) in [5.41, 5.74) is 6.54. The van der Waals surface area contributed by atoms with Crippen LogP contribution in [0.15, 0.2) is 28.7 Å². The lowest BCUT2D eigenvalue weighted by Gasteiger charge is -2.20. The molecule has 1 aromatic rings. The molecule has 0 aliphatic heterocycles. The molecular weight excluding hydrogens is 280 g/mol. The van der Waals surface area contributed by atoms with E-state index in [0.29, 0.717) is 6.54 Å². The van der Waals surface area contributed by atoms with Gasteiger partial charge < -0.3 is 11.1 Å². The molecule has 0 radical (unpaired) electrons. The molecule has 3 nitrogen and oxygen atoms in total. The largest absolute Gasteiger partial charge is 0.346 e. The van der Waals surface area contributed by atoms with Gasteiger partial charge in [0, 0.05) is 16.9 Å². The molecule has 2 rings (SSSR count). The van der Waals surface area contributed by atoms with Crippen LogP contribution in [0, 0.1) is 5.92 Å². The Morgan fingerprint density at radius 1 is 1.47 bits per heavy atom. The molecule has 92 valence electrons. The van der Waals surface area contributed by atoms with Crippen LogP contribution in [0.25, 0.3) is 0 Å². The summed E-state index contributed by atoms with van der Waals surface area (Å²) in [6, 6.07) is 8.14. The molecule has 0 heterocycles. The van der Waals surface area contributed by atoms with Crippen molar-refractivity contribution in [1.82, 2.24) is 5.32 Å². The van der Waals surface area contributed by atoms with Gasteiger partial charge >= 0.3 is 0 Å².